The van der Waals surface area contributed by atoms with Gasteiger partial charge in [-0.15, -0.1) is 0 Å². The molecule has 2 N–H and O–H groups in total. The van der Waals surface area contributed by atoms with Crippen LogP contribution in [0.5, 0.6) is 0 Å². The number of amides is 1. The fourth-order valence-electron chi connectivity index (χ4n) is 0.517. The number of alkyl carbamates (subject to hydrolysis) is 1. The van der Waals surface area contributed by atoms with Gasteiger partial charge in [0.25, 0.3) is 0 Å². The van der Waals surface area contributed by atoms with E-state index in [0.717, 1.165) is 6.42 Å². The summed E-state index contributed by atoms with van der Waals surface area (Å²) in [5.74, 6) is 0. The minimum absolute atomic E-state index is 0.493. The highest BCUT2D eigenvalue weighted by Crippen LogP contribution is 1.79. The molecule has 5 nitrogen and oxygen atoms in total. The molecule has 0 bridgehead atoms. The van der Waals surface area contributed by atoms with Crippen molar-refractivity contribution in [3.63, 3.8) is 0 Å². The zero-order valence-corrected chi connectivity index (χ0v) is 6.50. The van der Waals surface area contributed by atoms with Gasteiger partial charge in [0.1, 0.15) is 0 Å². The largest absolute Gasteiger partial charge is 0.423 e. The van der Waals surface area contributed by atoms with Crippen molar-refractivity contribution in [3.8, 4) is 0 Å². The van der Waals surface area contributed by atoms with Crippen LogP contribution in [0.15, 0.2) is 0 Å². The van der Waals surface area contributed by atoms with Gasteiger partial charge in [-0.1, -0.05) is 0 Å². The third kappa shape index (κ3) is 7.08. The first kappa shape index (κ1) is 10.2. The number of hydrogen-bond acceptors (Lipinski definition) is 4. The average molecular weight is 163 g/mol. The number of aliphatic hydroxyl groups excluding tert-OH is 1. The first-order valence-electron chi connectivity index (χ1n) is 3.31. The first-order chi connectivity index (χ1) is 5.31. The first-order valence-corrected chi connectivity index (χ1v) is 3.31. The summed E-state index contributed by atoms with van der Waals surface area (Å²) in [5.41, 5.74) is 0. The van der Waals surface area contributed by atoms with Crippen molar-refractivity contribution in [1.29, 1.82) is 0 Å². The molecular weight excluding hydrogens is 150 g/mol. The predicted octanol–water partition coefficient (Wildman–Crippen LogP) is -0.301. The average Bonchev–Trinajstić information content (AvgIpc) is 1.99. The number of ether oxygens (including phenoxy) is 2. The number of carbonyl (C=O) groups is 1. The Balaban J connectivity index is 3.04. The van der Waals surface area contributed by atoms with Crippen molar-refractivity contribution in [2.24, 2.45) is 0 Å². The summed E-state index contributed by atoms with van der Waals surface area (Å²) >= 11 is 0. The lowest BCUT2D eigenvalue weighted by atomic mass is 10.4. The van der Waals surface area contributed by atoms with Gasteiger partial charge in [0.05, 0.1) is 0 Å². The van der Waals surface area contributed by atoms with Crippen LogP contribution >= 0.6 is 0 Å². The molecule has 0 aromatic heterocycles. The molecule has 66 valence electrons. The van der Waals surface area contributed by atoms with Crippen LogP contribution in [0.4, 0.5) is 4.79 Å². The summed E-state index contributed by atoms with van der Waals surface area (Å²) in [6.45, 7) is 0.502. The van der Waals surface area contributed by atoms with Gasteiger partial charge in [-0.2, -0.15) is 0 Å². The Morgan fingerprint density at radius 1 is 1.64 bits per heavy atom. The van der Waals surface area contributed by atoms with E-state index in [-0.39, 0.29) is 0 Å². The second-order valence-corrected chi connectivity index (χ2v) is 1.83. The van der Waals surface area contributed by atoms with Gasteiger partial charge in [0, 0.05) is 20.3 Å². The van der Waals surface area contributed by atoms with Gasteiger partial charge in [0.15, 0.2) is 6.79 Å². The van der Waals surface area contributed by atoms with Crippen molar-refractivity contribution >= 4 is 6.09 Å². The summed E-state index contributed by atoms with van der Waals surface area (Å²) in [4.78, 5) is 10.5. The van der Waals surface area contributed by atoms with E-state index in [1.54, 1.807) is 7.11 Å². The number of rotatable bonds is 5. The van der Waals surface area contributed by atoms with Crippen LogP contribution < -0.4 is 5.32 Å². The molecule has 0 aromatic carbocycles. The molecule has 0 aliphatic carbocycles. The zero-order valence-electron chi connectivity index (χ0n) is 6.50. The summed E-state index contributed by atoms with van der Waals surface area (Å²) < 4.78 is 8.93. The highest BCUT2D eigenvalue weighted by atomic mass is 16.6. The summed E-state index contributed by atoms with van der Waals surface area (Å²) in [6, 6.07) is 0. The van der Waals surface area contributed by atoms with Crippen LogP contribution in [0, 0.1) is 0 Å². The molecular formula is C6H13NO4. The molecule has 1 amide bonds. The molecule has 0 aliphatic heterocycles. The third-order valence-corrected chi connectivity index (χ3v) is 0.990. The van der Waals surface area contributed by atoms with Crippen molar-refractivity contribution in [1.82, 2.24) is 5.32 Å². The van der Waals surface area contributed by atoms with Crippen molar-refractivity contribution < 1.29 is 19.4 Å². The Labute approximate surface area is 65.3 Å². The molecule has 0 spiro atoms. The van der Waals surface area contributed by atoms with Crippen LogP contribution in [-0.2, 0) is 9.47 Å². The molecule has 0 radical (unpaired) electrons. The quantitative estimate of drug-likeness (QED) is 0.431. The number of methoxy groups -OCH3 is 1. The fourth-order valence-corrected chi connectivity index (χ4v) is 0.517. The van der Waals surface area contributed by atoms with Crippen LogP contribution in [0.25, 0.3) is 0 Å². The van der Waals surface area contributed by atoms with Gasteiger partial charge < -0.3 is 19.9 Å². The van der Waals surface area contributed by atoms with Gasteiger partial charge >= 0.3 is 6.09 Å². The highest BCUT2D eigenvalue weighted by molar-refractivity contribution is 5.66. The lowest BCUT2D eigenvalue weighted by Crippen LogP contribution is -2.26. The van der Waals surface area contributed by atoms with E-state index in [9.17, 15) is 4.79 Å². The zero-order chi connectivity index (χ0) is 8.53. The maximum atomic E-state index is 10.5. The molecule has 0 saturated carbocycles. The van der Waals surface area contributed by atoms with Crippen molar-refractivity contribution in [2.75, 3.05) is 27.1 Å². The van der Waals surface area contributed by atoms with Gasteiger partial charge in [-0.25, -0.2) is 4.79 Å². The van der Waals surface area contributed by atoms with Crippen LogP contribution in [0.1, 0.15) is 6.42 Å². The fraction of sp³-hybridized carbons (Fsp3) is 0.833. The standard InChI is InChI=1S/C6H13NO4/c1-10-4-2-3-7-6(9)11-5-8/h8H,2-5H2,1H3,(H,7,9). The Morgan fingerprint density at radius 3 is 2.91 bits per heavy atom. The Kier molecular flexibility index (Phi) is 6.76. The summed E-state index contributed by atoms with van der Waals surface area (Å²) in [5, 5.41) is 10.5. The van der Waals surface area contributed by atoms with E-state index in [0.29, 0.717) is 13.2 Å². The highest BCUT2D eigenvalue weighted by Gasteiger charge is 1.97. The molecule has 0 aliphatic rings. The molecule has 0 rings (SSSR count). The lowest BCUT2D eigenvalue weighted by Gasteiger charge is -2.02. The molecule has 11 heavy (non-hydrogen) atoms. The lowest BCUT2D eigenvalue weighted by molar-refractivity contribution is 0.0441. The van der Waals surface area contributed by atoms with Crippen LogP contribution in [-0.4, -0.2) is 38.3 Å². The van der Waals surface area contributed by atoms with E-state index in [1.165, 1.54) is 0 Å². The van der Waals surface area contributed by atoms with Gasteiger partial charge in [0.2, 0.25) is 0 Å². The Morgan fingerprint density at radius 2 is 2.36 bits per heavy atom. The van der Waals surface area contributed by atoms with E-state index in [4.69, 9.17) is 9.84 Å². The SMILES string of the molecule is COCCCNC(=O)OCO. The van der Waals surface area contributed by atoms with E-state index in [2.05, 4.69) is 10.1 Å². The maximum absolute atomic E-state index is 10.5. The second-order valence-electron chi connectivity index (χ2n) is 1.83. The Hall–Kier alpha value is -0.810. The van der Waals surface area contributed by atoms with Gasteiger partial charge in [-0.3, -0.25) is 0 Å². The topological polar surface area (TPSA) is 67.8 Å². The molecule has 0 saturated heterocycles. The number of carbonyl (C=O) groups excluding carboxylic acids is 1. The van der Waals surface area contributed by atoms with Crippen LogP contribution in [0.2, 0.25) is 0 Å². The number of hydrogen-bond donors (Lipinski definition) is 2. The van der Waals surface area contributed by atoms with E-state index >= 15 is 0 Å². The molecule has 0 fully saturated rings. The molecule has 0 atom stereocenters. The minimum Gasteiger partial charge on any atom is -0.423 e. The third-order valence-electron chi connectivity index (χ3n) is 0.990. The second kappa shape index (κ2) is 7.30. The molecule has 0 aromatic rings. The number of nitrogens with one attached hydrogen (secondary N) is 1. The summed E-state index contributed by atoms with van der Waals surface area (Å²) in [6.07, 6.45) is 0.125. The maximum Gasteiger partial charge on any atom is 0.409 e. The van der Waals surface area contributed by atoms with Gasteiger partial charge in [-0.05, 0) is 6.42 Å². The molecule has 0 heterocycles. The molecule has 0 unspecified atom stereocenters. The molecule has 5 heteroatoms. The van der Waals surface area contributed by atoms with Crippen LogP contribution in [0.3, 0.4) is 0 Å². The number of aliphatic hydroxyl groups is 1. The Bertz CT molecular complexity index is 107. The van der Waals surface area contributed by atoms with E-state index in [1.807, 2.05) is 0 Å². The summed E-state index contributed by atoms with van der Waals surface area (Å²) in [7, 11) is 1.59. The smallest absolute Gasteiger partial charge is 0.409 e. The monoisotopic (exact) mass is 163 g/mol. The van der Waals surface area contributed by atoms with Crippen molar-refractivity contribution in [3.05, 3.63) is 0 Å². The minimum atomic E-state index is -0.608. The van der Waals surface area contributed by atoms with Crippen molar-refractivity contribution in [2.45, 2.75) is 6.42 Å². The normalized spacial score (nSPS) is 9.27. The van der Waals surface area contributed by atoms with E-state index < -0.39 is 12.9 Å². The predicted molar refractivity (Wildman–Crippen MR) is 38.1 cm³/mol.